The molecule has 1 aromatic carbocycles. The van der Waals surface area contributed by atoms with Crippen LogP contribution < -0.4 is 0 Å². The Morgan fingerprint density at radius 1 is 1.30 bits per heavy atom. The number of aromatic carboxylic acids is 1. The van der Waals surface area contributed by atoms with Crippen molar-refractivity contribution >= 4 is 17.6 Å². The fourth-order valence-corrected chi connectivity index (χ4v) is 1.81. The molecule has 0 saturated carbocycles. The van der Waals surface area contributed by atoms with Gasteiger partial charge in [0, 0.05) is 31.3 Å². The molecule has 108 valence electrons. The summed E-state index contributed by atoms with van der Waals surface area (Å²) in [4.78, 5) is 34.6. The summed E-state index contributed by atoms with van der Waals surface area (Å²) in [5.41, 5.74) is -0.688. The summed E-state index contributed by atoms with van der Waals surface area (Å²) in [5.74, 6) is -1.51. The van der Waals surface area contributed by atoms with Gasteiger partial charge >= 0.3 is 5.97 Å². The van der Waals surface area contributed by atoms with Gasteiger partial charge in [-0.25, -0.2) is 4.79 Å². The van der Waals surface area contributed by atoms with E-state index in [2.05, 4.69) is 0 Å². The van der Waals surface area contributed by atoms with Crippen molar-refractivity contribution < 1.29 is 19.6 Å². The van der Waals surface area contributed by atoms with Gasteiger partial charge in [-0.15, -0.1) is 0 Å². The standard InChI is InChI=1S/C13H16N2O5/c1-8(2)7-14(3)12(16)9-4-10(13(17)18)6-11(5-9)15(19)20/h4-6,8H,7H2,1-3H3,(H,17,18). The third kappa shape index (κ3) is 3.78. The first-order chi connectivity index (χ1) is 9.22. The third-order valence-electron chi connectivity index (χ3n) is 2.61. The summed E-state index contributed by atoms with van der Waals surface area (Å²) in [7, 11) is 1.57. The predicted octanol–water partition coefficient (Wildman–Crippen LogP) is 2.02. The largest absolute Gasteiger partial charge is 0.478 e. The second-order valence-corrected chi connectivity index (χ2v) is 4.91. The molecule has 1 N–H and O–H groups in total. The van der Waals surface area contributed by atoms with E-state index in [1.54, 1.807) is 7.05 Å². The van der Waals surface area contributed by atoms with Gasteiger partial charge in [-0.05, 0) is 12.0 Å². The first kappa shape index (κ1) is 15.6. The van der Waals surface area contributed by atoms with Gasteiger partial charge in [-0.3, -0.25) is 14.9 Å². The molecule has 20 heavy (non-hydrogen) atoms. The number of amides is 1. The van der Waals surface area contributed by atoms with Crippen LogP contribution >= 0.6 is 0 Å². The van der Waals surface area contributed by atoms with Crippen LogP contribution in [0.15, 0.2) is 18.2 Å². The monoisotopic (exact) mass is 280 g/mol. The van der Waals surface area contributed by atoms with Crippen molar-refractivity contribution in [2.45, 2.75) is 13.8 Å². The third-order valence-corrected chi connectivity index (χ3v) is 2.61. The maximum Gasteiger partial charge on any atom is 0.335 e. The molecule has 0 spiro atoms. The Morgan fingerprint density at radius 2 is 1.85 bits per heavy atom. The Morgan fingerprint density at radius 3 is 2.30 bits per heavy atom. The summed E-state index contributed by atoms with van der Waals surface area (Å²) in [6, 6.07) is 3.17. The minimum Gasteiger partial charge on any atom is -0.478 e. The zero-order chi connectivity index (χ0) is 15.4. The van der Waals surface area contributed by atoms with Crippen LogP contribution in [0.25, 0.3) is 0 Å². The molecular formula is C13H16N2O5. The number of nitro benzene ring substituents is 1. The number of hydrogen-bond acceptors (Lipinski definition) is 4. The van der Waals surface area contributed by atoms with Crippen LogP contribution in [0.4, 0.5) is 5.69 Å². The molecule has 0 atom stereocenters. The van der Waals surface area contributed by atoms with Crippen molar-refractivity contribution in [2.75, 3.05) is 13.6 Å². The Balaban J connectivity index is 3.19. The zero-order valence-electron chi connectivity index (χ0n) is 11.5. The molecule has 0 bridgehead atoms. The van der Waals surface area contributed by atoms with Gasteiger partial charge in [0.15, 0.2) is 0 Å². The first-order valence-corrected chi connectivity index (χ1v) is 6.00. The first-order valence-electron chi connectivity index (χ1n) is 6.00. The van der Waals surface area contributed by atoms with Crippen molar-refractivity contribution in [1.29, 1.82) is 0 Å². The average molecular weight is 280 g/mol. The average Bonchev–Trinajstić information content (AvgIpc) is 2.36. The number of non-ortho nitro benzene ring substituents is 1. The second-order valence-electron chi connectivity index (χ2n) is 4.91. The molecule has 0 aliphatic carbocycles. The van der Waals surface area contributed by atoms with Crippen molar-refractivity contribution in [3.63, 3.8) is 0 Å². The molecule has 0 unspecified atom stereocenters. The van der Waals surface area contributed by atoms with E-state index in [1.807, 2.05) is 13.8 Å². The molecule has 0 saturated heterocycles. The second kappa shape index (κ2) is 6.14. The lowest BCUT2D eigenvalue weighted by atomic mass is 10.1. The minimum atomic E-state index is -1.31. The van der Waals surface area contributed by atoms with Gasteiger partial charge in [-0.1, -0.05) is 13.8 Å². The van der Waals surface area contributed by atoms with E-state index < -0.39 is 22.5 Å². The van der Waals surface area contributed by atoms with Gasteiger partial charge in [0.2, 0.25) is 0 Å². The Labute approximate surface area is 116 Å². The highest BCUT2D eigenvalue weighted by Crippen LogP contribution is 2.19. The van der Waals surface area contributed by atoms with E-state index in [9.17, 15) is 19.7 Å². The fourth-order valence-electron chi connectivity index (χ4n) is 1.81. The molecule has 0 aliphatic heterocycles. The number of rotatable bonds is 5. The molecule has 1 amide bonds. The Hall–Kier alpha value is -2.44. The van der Waals surface area contributed by atoms with Crippen LogP contribution in [0.2, 0.25) is 0 Å². The summed E-state index contributed by atoms with van der Waals surface area (Å²) < 4.78 is 0. The molecule has 7 nitrogen and oxygen atoms in total. The van der Waals surface area contributed by atoms with E-state index in [1.165, 1.54) is 4.90 Å². The Kier molecular flexibility index (Phi) is 4.79. The Bertz CT molecular complexity index is 521. The topological polar surface area (TPSA) is 101 Å². The van der Waals surface area contributed by atoms with Gasteiger partial charge in [0.1, 0.15) is 0 Å². The number of carbonyl (C=O) groups is 2. The van der Waals surface area contributed by atoms with Gasteiger partial charge in [0.05, 0.1) is 10.5 Å². The van der Waals surface area contributed by atoms with Crippen LogP contribution in [0, 0.1) is 16.0 Å². The SMILES string of the molecule is CC(C)CN(C)C(=O)c1cc(C(=O)O)cc([N+](=O)[O-])c1. The van der Waals surface area contributed by atoms with Crippen molar-refractivity contribution in [1.82, 2.24) is 4.90 Å². The number of carboxylic acid groups (broad SMARTS) is 1. The number of nitro groups is 1. The predicted molar refractivity (Wildman–Crippen MR) is 71.9 cm³/mol. The van der Waals surface area contributed by atoms with Crippen LogP contribution in [-0.2, 0) is 0 Å². The molecule has 0 heterocycles. The molecule has 0 radical (unpaired) electrons. The molecule has 0 aromatic heterocycles. The smallest absolute Gasteiger partial charge is 0.335 e. The number of carboxylic acids is 1. The number of nitrogens with zero attached hydrogens (tertiary/aromatic N) is 2. The summed E-state index contributed by atoms with van der Waals surface area (Å²) in [6.07, 6.45) is 0. The van der Waals surface area contributed by atoms with Gasteiger partial charge < -0.3 is 10.0 Å². The summed E-state index contributed by atoms with van der Waals surface area (Å²) in [5, 5.41) is 19.7. The summed E-state index contributed by atoms with van der Waals surface area (Å²) >= 11 is 0. The number of carbonyl (C=O) groups excluding carboxylic acids is 1. The minimum absolute atomic E-state index is 0.000231. The summed E-state index contributed by atoms with van der Waals surface area (Å²) in [6.45, 7) is 4.34. The molecule has 7 heteroatoms. The van der Waals surface area contributed by atoms with Crippen LogP contribution in [0.5, 0.6) is 0 Å². The fraction of sp³-hybridized carbons (Fsp3) is 0.385. The highest BCUT2D eigenvalue weighted by atomic mass is 16.6. The van der Waals surface area contributed by atoms with Crippen LogP contribution in [0.1, 0.15) is 34.6 Å². The van der Waals surface area contributed by atoms with E-state index in [-0.39, 0.29) is 17.0 Å². The van der Waals surface area contributed by atoms with Crippen LogP contribution in [0.3, 0.4) is 0 Å². The molecule has 0 aliphatic rings. The van der Waals surface area contributed by atoms with Gasteiger partial charge in [0.25, 0.3) is 11.6 Å². The van der Waals surface area contributed by atoms with E-state index in [0.29, 0.717) is 6.54 Å². The quantitative estimate of drug-likeness (QED) is 0.656. The van der Waals surface area contributed by atoms with Crippen LogP contribution in [-0.4, -0.2) is 40.4 Å². The van der Waals surface area contributed by atoms with E-state index >= 15 is 0 Å². The molecular weight excluding hydrogens is 264 g/mol. The number of benzene rings is 1. The zero-order valence-corrected chi connectivity index (χ0v) is 11.5. The molecule has 1 rings (SSSR count). The highest BCUT2D eigenvalue weighted by Gasteiger charge is 2.20. The maximum absolute atomic E-state index is 12.1. The highest BCUT2D eigenvalue weighted by molar-refractivity contribution is 5.98. The lowest BCUT2D eigenvalue weighted by Crippen LogP contribution is -2.30. The van der Waals surface area contributed by atoms with Crippen molar-refractivity contribution in [2.24, 2.45) is 5.92 Å². The lowest BCUT2D eigenvalue weighted by molar-refractivity contribution is -0.384. The normalized spacial score (nSPS) is 10.4. The molecule has 0 fully saturated rings. The van der Waals surface area contributed by atoms with E-state index in [4.69, 9.17) is 5.11 Å². The van der Waals surface area contributed by atoms with Gasteiger partial charge in [-0.2, -0.15) is 0 Å². The van der Waals surface area contributed by atoms with E-state index in [0.717, 1.165) is 18.2 Å². The maximum atomic E-state index is 12.1. The molecule has 1 aromatic rings. The van der Waals surface area contributed by atoms with Crippen molar-refractivity contribution in [3.8, 4) is 0 Å². The number of hydrogen-bond donors (Lipinski definition) is 1. The van der Waals surface area contributed by atoms with Crippen molar-refractivity contribution in [3.05, 3.63) is 39.4 Å². The lowest BCUT2D eigenvalue weighted by Gasteiger charge is -2.19.